The zero-order valence-corrected chi connectivity index (χ0v) is 9.42. The standard InChI is InChI=1S/C10H13N5O3/c11-7-8(17)6(2-16)18-10(7)15-4-14-5-1-12-3-13-9(5)15/h1,3-4,6-8,10,16-17H,2,11H2/t6-,7-,8-,10-/m1/s1. The van der Waals surface area contributed by atoms with Crippen molar-refractivity contribution in [1.29, 1.82) is 0 Å². The fourth-order valence-corrected chi connectivity index (χ4v) is 2.14. The Balaban J connectivity index is 2.00. The monoisotopic (exact) mass is 251 g/mol. The normalized spacial score (nSPS) is 32.2. The molecule has 1 aliphatic rings. The maximum Gasteiger partial charge on any atom is 0.165 e. The summed E-state index contributed by atoms with van der Waals surface area (Å²) in [7, 11) is 0. The lowest BCUT2D eigenvalue weighted by Crippen LogP contribution is -2.39. The van der Waals surface area contributed by atoms with Crippen LogP contribution in [0.1, 0.15) is 6.23 Å². The Morgan fingerprint density at radius 2 is 2.28 bits per heavy atom. The van der Waals surface area contributed by atoms with Crippen molar-refractivity contribution in [1.82, 2.24) is 19.5 Å². The lowest BCUT2D eigenvalue weighted by Gasteiger charge is -2.17. The molecule has 1 saturated heterocycles. The van der Waals surface area contributed by atoms with Gasteiger partial charge in [-0.25, -0.2) is 15.0 Å². The summed E-state index contributed by atoms with van der Waals surface area (Å²) in [6.45, 7) is -0.285. The van der Waals surface area contributed by atoms with Gasteiger partial charge in [0, 0.05) is 0 Å². The number of hydrogen-bond acceptors (Lipinski definition) is 7. The minimum atomic E-state index is -0.917. The first-order chi connectivity index (χ1) is 8.72. The largest absolute Gasteiger partial charge is 0.394 e. The zero-order chi connectivity index (χ0) is 12.7. The van der Waals surface area contributed by atoms with E-state index in [1.54, 1.807) is 10.8 Å². The Hall–Kier alpha value is -1.61. The van der Waals surface area contributed by atoms with Gasteiger partial charge in [0.15, 0.2) is 11.9 Å². The van der Waals surface area contributed by atoms with E-state index in [4.69, 9.17) is 15.6 Å². The highest BCUT2D eigenvalue weighted by atomic mass is 16.5. The topological polar surface area (TPSA) is 119 Å². The highest BCUT2D eigenvalue weighted by molar-refractivity contribution is 5.69. The average Bonchev–Trinajstić information content (AvgIpc) is 2.93. The van der Waals surface area contributed by atoms with Crippen LogP contribution in [0.25, 0.3) is 11.2 Å². The first-order valence-corrected chi connectivity index (χ1v) is 5.55. The van der Waals surface area contributed by atoms with Crippen molar-refractivity contribution in [2.24, 2.45) is 5.73 Å². The van der Waals surface area contributed by atoms with Gasteiger partial charge in [-0.2, -0.15) is 0 Å². The average molecular weight is 251 g/mol. The number of nitrogens with zero attached hydrogens (tertiary/aromatic N) is 4. The Kier molecular flexibility index (Phi) is 2.71. The van der Waals surface area contributed by atoms with Gasteiger partial charge in [-0.3, -0.25) is 4.57 Å². The van der Waals surface area contributed by atoms with Crippen LogP contribution in [0.15, 0.2) is 18.9 Å². The molecule has 4 N–H and O–H groups in total. The lowest BCUT2D eigenvalue weighted by atomic mass is 10.1. The highest BCUT2D eigenvalue weighted by Crippen LogP contribution is 2.29. The van der Waals surface area contributed by atoms with E-state index >= 15 is 0 Å². The summed E-state index contributed by atoms with van der Waals surface area (Å²) in [6, 6.07) is -0.644. The molecule has 2 aromatic rings. The van der Waals surface area contributed by atoms with Gasteiger partial charge >= 0.3 is 0 Å². The summed E-state index contributed by atoms with van der Waals surface area (Å²) in [6.07, 6.45) is 2.32. The van der Waals surface area contributed by atoms with Crippen LogP contribution in [-0.4, -0.2) is 54.6 Å². The fraction of sp³-hybridized carbons (Fsp3) is 0.500. The van der Waals surface area contributed by atoms with E-state index in [9.17, 15) is 5.11 Å². The van der Waals surface area contributed by atoms with Crippen LogP contribution in [0, 0.1) is 0 Å². The van der Waals surface area contributed by atoms with Crippen LogP contribution < -0.4 is 5.73 Å². The molecular weight excluding hydrogens is 238 g/mol. The van der Waals surface area contributed by atoms with E-state index in [1.165, 1.54) is 12.7 Å². The van der Waals surface area contributed by atoms with Crippen molar-refractivity contribution < 1.29 is 14.9 Å². The van der Waals surface area contributed by atoms with Crippen molar-refractivity contribution >= 4 is 11.2 Å². The molecule has 0 radical (unpaired) electrons. The Morgan fingerprint density at radius 1 is 1.44 bits per heavy atom. The van der Waals surface area contributed by atoms with E-state index in [2.05, 4.69) is 15.0 Å². The fourth-order valence-electron chi connectivity index (χ4n) is 2.14. The number of rotatable bonds is 2. The lowest BCUT2D eigenvalue weighted by molar-refractivity contribution is -0.0437. The number of ether oxygens (including phenoxy) is 1. The molecule has 0 unspecified atom stereocenters. The van der Waals surface area contributed by atoms with E-state index in [-0.39, 0.29) is 6.61 Å². The van der Waals surface area contributed by atoms with Gasteiger partial charge in [0.2, 0.25) is 0 Å². The first kappa shape index (κ1) is 11.5. The highest BCUT2D eigenvalue weighted by Gasteiger charge is 2.42. The van der Waals surface area contributed by atoms with Crippen molar-refractivity contribution in [2.45, 2.75) is 24.5 Å². The Labute approximate surface area is 102 Å². The molecule has 0 saturated carbocycles. The third-order valence-electron chi connectivity index (χ3n) is 3.11. The molecule has 3 heterocycles. The number of fused-ring (bicyclic) bond motifs is 1. The summed E-state index contributed by atoms with van der Waals surface area (Å²) in [5, 5.41) is 18.9. The van der Waals surface area contributed by atoms with Crippen LogP contribution in [0.4, 0.5) is 0 Å². The molecule has 0 aliphatic carbocycles. The van der Waals surface area contributed by atoms with Crippen molar-refractivity contribution in [2.75, 3.05) is 6.61 Å². The molecule has 18 heavy (non-hydrogen) atoms. The van der Waals surface area contributed by atoms with Crippen LogP contribution in [0.2, 0.25) is 0 Å². The number of imidazole rings is 1. The SMILES string of the molecule is N[C@@H]1[C@H](O)[C@@H](CO)O[C@H]1n1cnc2cncnc21. The van der Waals surface area contributed by atoms with Gasteiger partial charge in [0.05, 0.1) is 25.2 Å². The van der Waals surface area contributed by atoms with E-state index in [1.807, 2.05) is 0 Å². The summed E-state index contributed by atoms with van der Waals surface area (Å²) in [5.41, 5.74) is 7.09. The third kappa shape index (κ3) is 1.58. The van der Waals surface area contributed by atoms with Crippen LogP contribution in [0.5, 0.6) is 0 Å². The number of aliphatic hydroxyl groups excluding tert-OH is 2. The molecule has 0 bridgehead atoms. The second kappa shape index (κ2) is 4.25. The van der Waals surface area contributed by atoms with Gasteiger partial charge < -0.3 is 20.7 Å². The first-order valence-electron chi connectivity index (χ1n) is 5.55. The van der Waals surface area contributed by atoms with E-state index in [0.717, 1.165) is 0 Å². The molecule has 3 rings (SSSR count). The quantitative estimate of drug-likeness (QED) is 0.588. The van der Waals surface area contributed by atoms with Crippen LogP contribution in [0.3, 0.4) is 0 Å². The molecule has 8 heteroatoms. The Morgan fingerprint density at radius 3 is 3.00 bits per heavy atom. The minimum absolute atomic E-state index is 0.285. The minimum Gasteiger partial charge on any atom is -0.394 e. The van der Waals surface area contributed by atoms with Crippen LogP contribution in [-0.2, 0) is 4.74 Å². The molecule has 1 fully saturated rings. The maximum absolute atomic E-state index is 9.82. The zero-order valence-electron chi connectivity index (χ0n) is 9.42. The van der Waals surface area contributed by atoms with Crippen molar-refractivity contribution in [3.8, 4) is 0 Å². The van der Waals surface area contributed by atoms with Gasteiger partial charge in [-0.1, -0.05) is 0 Å². The smallest absolute Gasteiger partial charge is 0.165 e. The number of aromatic nitrogens is 4. The molecular formula is C10H13N5O3. The third-order valence-corrected chi connectivity index (χ3v) is 3.11. The number of nitrogens with two attached hydrogens (primary N) is 1. The summed E-state index contributed by atoms with van der Waals surface area (Å²) < 4.78 is 7.16. The molecule has 0 amide bonds. The molecule has 96 valence electrons. The molecule has 2 aromatic heterocycles. The Bertz CT molecular complexity index is 559. The van der Waals surface area contributed by atoms with E-state index in [0.29, 0.717) is 11.2 Å². The van der Waals surface area contributed by atoms with Gasteiger partial charge in [0.1, 0.15) is 24.1 Å². The van der Waals surface area contributed by atoms with E-state index < -0.39 is 24.5 Å². The molecule has 4 atom stereocenters. The summed E-state index contributed by atoms with van der Waals surface area (Å²) >= 11 is 0. The van der Waals surface area contributed by atoms with Gasteiger partial charge in [-0.05, 0) is 0 Å². The molecule has 8 nitrogen and oxygen atoms in total. The molecule has 0 spiro atoms. The number of aliphatic hydroxyl groups is 2. The summed E-state index contributed by atoms with van der Waals surface area (Å²) in [4.78, 5) is 12.1. The number of hydrogen-bond donors (Lipinski definition) is 3. The van der Waals surface area contributed by atoms with Crippen molar-refractivity contribution in [3.63, 3.8) is 0 Å². The van der Waals surface area contributed by atoms with Gasteiger partial charge in [0.25, 0.3) is 0 Å². The predicted molar refractivity (Wildman–Crippen MR) is 60.3 cm³/mol. The molecule has 1 aliphatic heterocycles. The molecule has 0 aromatic carbocycles. The second-order valence-electron chi connectivity index (χ2n) is 4.20. The second-order valence-corrected chi connectivity index (χ2v) is 4.20. The van der Waals surface area contributed by atoms with Crippen molar-refractivity contribution in [3.05, 3.63) is 18.9 Å². The van der Waals surface area contributed by atoms with Gasteiger partial charge in [-0.15, -0.1) is 0 Å². The predicted octanol–water partition coefficient (Wildman–Crippen LogP) is -1.60. The summed E-state index contributed by atoms with van der Waals surface area (Å²) in [5.74, 6) is 0. The van der Waals surface area contributed by atoms with Crippen LogP contribution >= 0.6 is 0 Å². The maximum atomic E-state index is 9.82.